The molecule has 0 radical (unpaired) electrons. The lowest BCUT2D eigenvalue weighted by Gasteiger charge is -2.06. The van der Waals surface area contributed by atoms with Crippen molar-refractivity contribution in [2.24, 2.45) is 0 Å². The van der Waals surface area contributed by atoms with E-state index in [2.05, 4.69) is 44.2 Å². The highest BCUT2D eigenvalue weighted by Gasteiger charge is 1.99. The van der Waals surface area contributed by atoms with Crippen LogP contribution in [0.4, 0.5) is 0 Å². The van der Waals surface area contributed by atoms with E-state index in [1.165, 1.54) is 11.1 Å². The van der Waals surface area contributed by atoms with Crippen LogP contribution in [0.2, 0.25) is 0 Å². The van der Waals surface area contributed by atoms with Crippen LogP contribution in [0.25, 0.3) is 0 Å². The molecule has 1 aromatic rings. The summed E-state index contributed by atoms with van der Waals surface area (Å²) in [5, 5.41) is 8.50. The fourth-order valence-corrected chi connectivity index (χ4v) is 1.59. The molecule has 0 aromatic heterocycles. The molecule has 0 aliphatic carbocycles. The molecular weight excluding hydrogens is 194 g/mol. The fourth-order valence-electron chi connectivity index (χ4n) is 1.59. The van der Waals surface area contributed by atoms with Crippen molar-refractivity contribution in [1.29, 1.82) is 5.26 Å². The van der Waals surface area contributed by atoms with Gasteiger partial charge in [0.25, 0.3) is 0 Å². The van der Waals surface area contributed by atoms with Crippen LogP contribution >= 0.6 is 0 Å². The summed E-state index contributed by atoms with van der Waals surface area (Å²) in [6, 6.07) is 10.8. The predicted octanol–water partition coefficient (Wildman–Crippen LogP) is 4.21. The van der Waals surface area contributed by atoms with Gasteiger partial charge in [-0.15, -0.1) is 0 Å². The van der Waals surface area contributed by atoms with Gasteiger partial charge in [-0.1, -0.05) is 43.7 Å². The van der Waals surface area contributed by atoms with Crippen LogP contribution in [0, 0.1) is 11.3 Å². The minimum atomic E-state index is 0.592. The average molecular weight is 213 g/mol. The number of rotatable bonds is 4. The first-order chi connectivity index (χ1) is 7.63. The summed E-state index contributed by atoms with van der Waals surface area (Å²) < 4.78 is 0. The Labute approximate surface area is 98.4 Å². The highest BCUT2D eigenvalue weighted by molar-refractivity contribution is 5.25. The average Bonchev–Trinajstić information content (AvgIpc) is 2.27. The van der Waals surface area contributed by atoms with E-state index in [9.17, 15) is 0 Å². The Bertz CT molecular complexity index is 390. The van der Waals surface area contributed by atoms with Crippen LogP contribution in [-0.2, 0) is 6.42 Å². The molecule has 1 heteroatoms. The maximum atomic E-state index is 8.50. The van der Waals surface area contributed by atoms with Gasteiger partial charge in [-0.2, -0.15) is 5.26 Å². The second-order valence-corrected chi connectivity index (χ2v) is 4.52. The Morgan fingerprint density at radius 1 is 1.31 bits per heavy atom. The Morgan fingerprint density at radius 2 is 1.94 bits per heavy atom. The number of hydrogen-bond acceptors (Lipinski definition) is 1. The molecule has 0 fully saturated rings. The molecule has 1 rings (SSSR count). The van der Waals surface area contributed by atoms with Crippen LogP contribution in [0.15, 0.2) is 35.9 Å². The van der Waals surface area contributed by atoms with Gasteiger partial charge in [0.15, 0.2) is 0 Å². The van der Waals surface area contributed by atoms with Gasteiger partial charge in [0.05, 0.1) is 6.07 Å². The van der Waals surface area contributed by atoms with Gasteiger partial charge >= 0.3 is 0 Å². The van der Waals surface area contributed by atoms with E-state index in [1.54, 1.807) is 6.08 Å². The molecule has 0 bridgehead atoms. The van der Waals surface area contributed by atoms with Crippen molar-refractivity contribution in [3.8, 4) is 6.07 Å². The van der Waals surface area contributed by atoms with Crippen molar-refractivity contribution in [2.45, 2.75) is 39.5 Å². The zero-order valence-corrected chi connectivity index (χ0v) is 10.3. The number of nitrogens with zero attached hydrogens (tertiary/aromatic N) is 1. The second-order valence-electron chi connectivity index (χ2n) is 4.52. The lowest BCUT2D eigenvalue weighted by molar-refractivity contribution is 0.862. The molecule has 0 aliphatic heterocycles. The second kappa shape index (κ2) is 6.12. The number of nitriles is 1. The molecule has 0 atom stereocenters. The summed E-state index contributed by atoms with van der Waals surface area (Å²) in [5.41, 5.74) is 3.87. The fraction of sp³-hybridized carbons (Fsp3) is 0.400. The summed E-state index contributed by atoms with van der Waals surface area (Å²) in [4.78, 5) is 0. The zero-order valence-electron chi connectivity index (χ0n) is 10.3. The standard InChI is InChI=1S/C15H19N/c1-12(2)15-8-6-14(7-9-15)5-4-13(3)10-11-16/h6-10,12H,4-5H2,1-3H3/b13-10+. The third-order valence-electron chi connectivity index (χ3n) is 2.77. The predicted molar refractivity (Wildman–Crippen MR) is 68.2 cm³/mol. The SMILES string of the molecule is C/C(=C\C#N)CCc1ccc(C(C)C)cc1. The maximum absolute atomic E-state index is 8.50. The quantitative estimate of drug-likeness (QED) is 0.687. The van der Waals surface area contributed by atoms with Crippen LogP contribution < -0.4 is 0 Å². The summed E-state index contributed by atoms with van der Waals surface area (Å²) in [5.74, 6) is 0.592. The normalized spacial score (nSPS) is 11.6. The monoisotopic (exact) mass is 213 g/mol. The van der Waals surface area contributed by atoms with Gasteiger partial charge < -0.3 is 0 Å². The lowest BCUT2D eigenvalue weighted by Crippen LogP contribution is -1.90. The summed E-state index contributed by atoms with van der Waals surface area (Å²) in [6.45, 7) is 6.41. The van der Waals surface area contributed by atoms with E-state index < -0.39 is 0 Å². The molecule has 0 saturated carbocycles. The first-order valence-electron chi connectivity index (χ1n) is 5.77. The Kier molecular flexibility index (Phi) is 4.79. The third kappa shape index (κ3) is 3.90. The van der Waals surface area contributed by atoms with E-state index in [0.29, 0.717) is 5.92 Å². The molecular formula is C15H19N. The summed E-state index contributed by atoms with van der Waals surface area (Å²) >= 11 is 0. The minimum absolute atomic E-state index is 0.592. The molecule has 0 aliphatic rings. The molecule has 1 nitrogen and oxygen atoms in total. The zero-order chi connectivity index (χ0) is 12.0. The lowest BCUT2D eigenvalue weighted by atomic mass is 9.99. The molecule has 0 saturated heterocycles. The van der Waals surface area contributed by atoms with E-state index >= 15 is 0 Å². The summed E-state index contributed by atoms with van der Waals surface area (Å²) in [6.07, 6.45) is 3.61. The largest absolute Gasteiger partial charge is 0.193 e. The van der Waals surface area contributed by atoms with Gasteiger partial charge in [-0.3, -0.25) is 0 Å². The van der Waals surface area contributed by atoms with E-state index in [-0.39, 0.29) is 0 Å². The van der Waals surface area contributed by atoms with E-state index in [0.717, 1.165) is 18.4 Å². The summed E-state index contributed by atoms with van der Waals surface area (Å²) in [7, 11) is 0. The molecule has 0 spiro atoms. The van der Waals surface area contributed by atoms with Crippen molar-refractivity contribution in [3.05, 3.63) is 47.0 Å². The minimum Gasteiger partial charge on any atom is -0.193 e. The van der Waals surface area contributed by atoms with Gasteiger partial charge in [0.1, 0.15) is 0 Å². The Balaban J connectivity index is 2.57. The van der Waals surface area contributed by atoms with Gasteiger partial charge in [-0.25, -0.2) is 0 Å². The number of allylic oxidation sites excluding steroid dienone is 2. The molecule has 0 N–H and O–H groups in total. The first kappa shape index (κ1) is 12.5. The first-order valence-corrected chi connectivity index (χ1v) is 5.77. The number of hydrogen-bond donors (Lipinski definition) is 0. The molecule has 16 heavy (non-hydrogen) atoms. The van der Waals surface area contributed by atoms with E-state index in [4.69, 9.17) is 5.26 Å². The number of benzene rings is 1. The van der Waals surface area contributed by atoms with Crippen molar-refractivity contribution in [3.63, 3.8) is 0 Å². The topological polar surface area (TPSA) is 23.8 Å². The Morgan fingerprint density at radius 3 is 2.44 bits per heavy atom. The third-order valence-corrected chi connectivity index (χ3v) is 2.77. The van der Waals surface area contributed by atoms with Gasteiger partial charge in [-0.05, 0) is 36.8 Å². The van der Waals surface area contributed by atoms with Crippen molar-refractivity contribution in [2.75, 3.05) is 0 Å². The highest BCUT2D eigenvalue weighted by atomic mass is 14.2. The van der Waals surface area contributed by atoms with Crippen LogP contribution in [0.1, 0.15) is 44.2 Å². The molecule has 0 unspecified atom stereocenters. The van der Waals surface area contributed by atoms with Gasteiger partial charge in [0, 0.05) is 6.08 Å². The van der Waals surface area contributed by atoms with E-state index in [1.807, 2.05) is 6.92 Å². The highest BCUT2D eigenvalue weighted by Crippen LogP contribution is 2.16. The Hall–Kier alpha value is -1.55. The smallest absolute Gasteiger partial charge is 0.0911 e. The van der Waals surface area contributed by atoms with Crippen molar-refractivity contribution < 1.29 is 0 Å². The molecule has 84 valence electrons. The molecule has 0 heterocycles. The van der Waals surface area contributed by atoms with Crippen LogP contribution in [0.5, 0.6) is 0 Å². The van der Waals surface area contributed by atoms with Crippen LogP contribution in [0.3, 0.4) is 0 Å². The molecule has 1 aromatic carbocycles. The molecule has 0 amide bonds. The van der Waals surface area contributed by atoms with Gasteiger partial charge in [0.2, 0.25) is 0 Å². The maximum Gasteiger partial charge on any atom is 0.0911 e. The van der Waals surface area contributed by atoms with Crippen LogP contribution in [-0.4, -0.2) is 0 Å². The number of aryl methyl sites for hydroxylation is 1. The van der Waals surface area contributed by atoms with Crippen molar-refractivity contribution in [1.82, 2.24) is 0 Å². The van der Waals surface area contributed by atoms with Crippen molar-refractivity contribution >= 4 is 0 Å².